The molecule has 0 heterocycles. The van der Waals surface area contributed by atoms with Gasteiger partial charge in [0.05, 0.1) is 0 Å². The molecule has 0 aliphatic heterocycles. The number of benzene rings is 1. The molecule has 0 aliphatic carbocycles. The van der Waals surface area contributed by atoms with Crippen LogP contribution in [-0.2, 0) is 10.8 Å². The second-order valence-corrected chi connectivity index (χ2v) is 10.5. The molecule has 0 bridgehead atoms. The maximum absolute atomic E-state index is 6.08. The molecule has 0 saturated carbocycles. The molecule has 1 aromatic rings. The van der Waals surface area contributed by atoms with Gasteiger partial charge in [-0.15, -0.1) is 0 Å². The second kappa shape index (κ2) is 6.36. The third-order valence-electron chi connectivity index (χ3n) is 2.72. The highest BCUT2D eigenvalue weighted by Gasteiger charge is 2.19. The van der Waals surface area contributed by atoms with Crippen LogP contribution in [0.5, 0.6) is 0 Å². The van der Waals surface area contributed by atoms with E-state index >= 15 is 0 Å². The van der Waals surface area contributed by atoms with Crippen molar-refractivity contribution in [2.24, 2.45) is 5.92 Å². The fourth-order valence-electron chi connectivity index (χ4n) is 2.32. The summed E-state index contributed by atoms with van der Waals surface area (Å²) in [6.45, 7) is 11.3. The Labute approximate surface area is 107 Å². The van der Waals surface area contributed by atoms with Crippen molar-refractivity contribution in [3.63, 3.8) is 0 Å². The van der Waals surface area contributed by atoms with Gasteiger partial charge in [0.15, 0.2) is 8.32 Å². The Morgan fingerprint density at radius 2 is 1.65 bits per heavy atom. The highest BCUT2D eigenvalue weighted by molar-refractivity contribution is 6.69. The monoisotopic (exact) mass is 250 g/mol. The van der Waals surface area contributed by atoms with Crippen molar-refractivity contribution in [1.29, 1.82) is 0 Å². The molecule has 96 valence electrons. The molecule has 0 aliphatic rings. The van der Waals surface area contributed by atoms with E-state index in [2.05, 4.69) is 63.8 Å². The third kappa shape index (κ3) is 6.64. The van der Waals surface area contributed by atoms with Gasteiger partial charge in [0.25, 0.3) is 0 Å². The highest BCUT2D eigenvalue weighted by atomic mass is 28.4. The van der Waals surface area contributed by atoms with Crippen LogP contribution < -0.4 is 0 Å². The minimum atomic E-state index is -1.38. The van der Waals surface area contributed by atoms with E-state index in [4.69, 9.17) is 4.43 Å². The molecular formula is C15H26OSi. The summed E-state index contributed by atoms with van der Waals surface area (Å²) in [6.07, 6.45) is 2.69. The van der Waals surface area contributed by atoms with E-state index in [1.165, 1.54) is 5.56 Å². The minimum Gasteiger partial charge on any atom is -0.415 e. The summed E-state index contributed by atoms with van der Waals surface area (Å²) in [5.41, 5.74) is 1.43. The van der Waals surface area contributed by atoms with Crippen LogP contribution in [0, 0.1) is 5.92 Å². The molecule has 17 heavy (non-hydrogen) atoms. The molecular weight excluding hydrogens is 224 g/mol. The Hall–Kier alpha value is -0.603. The molecule has 0 amide bonds. The zero-order chi connectivity index (χ0) is 12.9. The minimum absolute atomic E-state index is 0.389. The predicted molar refractivity (Wildman–Crippen MR) is 77.8 cm³/mol. The Morgan fingerprint density at radius 1 is 1.06 bits per heavy atom. The summed E-state index contributed by atoms with van der Waals surface area (Å²) < 4.78 is 6.08. The zero-order valence-electron chi connectivity index (χ0n) is 11.9. The summed E-state index contributed by atoms with van der Waals surface area (Å²) in [5.74, 6) is 0.684. The highest BCUT2D eigenvalue weighted by Crippen LogP contribution is 2.17. The van der Waals surface area contributed by atoms with Crippen LogP contribution in [0.2, 0.25) is 19.6 Å². The molecule has 2 atom stereocenters. The molecule has 0 spiro atoms. The van der Waals surface area contributed by atoms with Gasteiger partial charge in [-0.1, -0.05) is 37.3 Å². The summed E-state index contributed by atoms with van der Waals surface area (Å²) >= 11 is 0. The average molecular weight is 250 g/mol. The topological polar surface area (TPSA) is 9.23 Å². The molecule has 2 heteroatoms. The van der Waals surface area contributed by atoms with Crippen LogP contribution >= 0.6 is 0 Å². The normalized spacial score (nSPS) is 15.6. The van der Waals surface area contributed by atoms with E-state index in [1.807, 2.05) is 0 Å². The van der Waals surface area contributed by atoms with Gasteiger partial charge in [-0.25, -0.2) is 0 Å². The predicted octanol–water partition coefficient (Wildman–Crippen LogP) is 4.50. The van der Waals surface area contributed by atoms with Gasteiger partial charge in [-0.05, 0) is 50.9 Å². The van der Waals surface area contributed by atoms with Crippen LogP contribution in [0.4, 0.5) is 0 Å². The third-order valence-corrected chi connectivity index (χ3v) is 3.83. The fraction of sp³-hybridized carbons (Fsp3) is 0.600. The molecule has 0 saturated heterocycles. The van der Waals surface area contributed by atoms with Gasteiger partial charge >= 0.3 is 0 Å². The number of hydrogen-bond donors (Lipinski definition) is 0. The van der Waals surface area contributed by atoms with Crippen LogP contribution in [0.25, 0.3) is 0 Å². The first kappa shape index (κ1) is 14.5. The molecule has 1 aromatic carbocycles. The fourth-order valence-corrected chi connectivity index (χ4v) is 3.62. The van der Waals surface area contributed by atoms with Crippen molar-refractivity contribution in [2.45, 2.75) is 52.4 Å². The molecule has 0 N–H and O–H groups in total. The largest absolute Gasteiger partial charge is 0.415 e. The van der Waals surface area contributed by atoms with Gasteiger partial charge < -0.3 is 4.43 Å². The first-order valence-electron chi connectivity index (χ1n) is 6.58. The van der Waals surface area contributed by atoms with Crippen molar-refractivity contribution in [2.75, 3.05) is 0 Å². The van der Waals surface area contributed by atoms with Gasteiger partial charge in [0.2, 0.25) is 0 Å². The van der Waals surface area contributed by atoms with Gasteiger partial charge in [-0.3, -0.25) is 0 Å². The van der Waals surface area contributed by atoms with E-state index in [0.717, 1.165) is 12.8 Å². The molecule has 0 fully saturated rings. The van der Waals surface area contributed by atoms with Crippen molar-refractivity contribution >= 4 is 8.32 Å². The maximum atomic E-state index is 6.08. The lowest BCUT2D eigenvalue weighted by Gasteiger charge is -2.25. The molecule has 1 rings (SSSR count). The number of rotatable bonds is 6. The maximum Gasteiger partial charge on any atom is 0.184 e. The lowest BCUT2D eigenvalue weighted by atomic mass is 9.96. The SMILES string of the molecule is C[C@@H](Cc1ccccc1)C[C@H](C)O[Si](C)(C)C. The quantitative estimate of drug-likeness (QED) is 0.676. The van der Waals surface area contributed by atoms with Gasteiger partial charge in [0, 0.05) is 6.10 Å². The van der Waals surface area contributed by atoms with Gasteiger partial charge in [0.1, 0.15) is 0 Å². The first-order chi connectivity index (χ1) is 7.87. The smallest absolute Gasteiger partial charge is 0.184 e. The number of hydrogen-bond acceptors (Lipinski definition) is 1. The van der Waals surface area contributed by atoms with E-state index in [0.29, 0.717) is 12.0 Å². The van der Waals surface area contributed by atoms with E-state index in [1.54, 1.807) is 0 Å². The Morgan fingerprint density at radius 3 is 2.18 bits per heavy atom. The summed E-state index contributed by atoms with van der Waals surface area (Å²) in [4.78, 5) is 0. The van der Waals surface area contributed by atoms with Crippen molar-refractivity contribution in [3.8, 4) is 0 Å². The molecule has 0 radical (unpaired) electrons. The lowest BCUT2D eigenvalue weighted by Crippen LogP contribution is -2.31. The second-order valence-electron chi connectivity index (χ2n) is 6.07. The molecule has 0 unspecified atom stereocenters. The first-order valence-corrected chi connectivity index (χ1v) is 9.99. The van der Waals surface area contributed by atoms with E-state index in [9.17, 15) is 0 Å². The van der Waals surface area contributed by atoms with Crippen LogP contribution in [-0.4, -0.2) is 14.4 Å². The van der Waals surface area contributed by atoms with Gasteiger partial charge in [-0.2, -0.15) is 0 Å². The molecule has 1 nitrogen and oxygen atoms in total. The van der Waals surface area contributed by atoms with Crippen molar-refractivity contribution < 1.29 is 4.43 Å². The van der Waals surface area contributed by atoms with Crippen LogP contribution in [0.3, 0.4) is 0 Å². The lowest BCUT2D eigenvalue weighted by molar-refractivity contribution is 0.182. The summed E-state index contributed by atoms with van der Waals surface area (Å²) in [5, 5.41) is 0. The summed E-state index contributed by atoms with van der Waals surface area (Å²) in [6, 6.07) is 10.7. The van der Waals surface area contributed by atoms with Crippen molar-refractivity contribution in [1.82, 2.24) is 0 Å². The van der Waals surface area contributed by atoms with Crippen LogP contribution in [0.1, 0.15) is 25.8 Å². The standard InChI is InChI=1S/C15H26OSi/c1-13(11-14(2)16-17(3,4)5)12-15-9-7-6-8-10-15/h6-10,13-14H,11-12H2,1-5H3/t13-,14+/m1/s1. The Balaban J connectivity index is 2.37. The Kier molecular flexibility index (Phi) is 5.41. The summed E-state index contributed by atoms with van der Waals surface area (Å²) in [7, 11) is -1.38. The van der Waals surface area contributed by atoms with Crippen LogP contribution in [0.15, 0.2) is 30.3 Å². The van der Waals surface area contributed by atoms with E-state index < -0.39 is 8.32 Å². The Bertz CT molecular complexity index is 315. The van der Waals surface area contributed by atoms with Crippen molar-refractivity contribution in [3.05, 3.63) is 35.9 Å². The zero-order valence-corrected chi connectivity index (χ0v) is 12.9. The van der Waals surface area contributed by atoms with E-state index in [-0.39, 0.29) is 0 Å². The average Bonchev–Trinajstić information content (AvgIpc) is 2.15. The molecule has 0 aromatic heterocycles.